The predicted octanol–water partition coefficient (Wildman–Crippen LogP) is 2.66. The fraction of sp³-hybridized carbons (Fsp3) is 0.350. The van der Waals surface area contributed by atoms with Gasteiger partial charge in [-0.15, -0.1) is 0 Å². The molecule has 0 saturated carbocycles. The first-order valence-corrected chi connectivity index (χ1v) is 8.59. The molecule has 2 aromatic rings. The number of aliphatic hydroxyl groups is 1. The molecular formula is C20H22N2O2. The van der Waals surface area contributed by atoms with Gasteiger partial charge in [0.25, 0.3) is 0 Å². The number of hydrogen-bond donors (Lipinski definition) is 2. The molecule has 2 aliphatic rings. The first-order chi connectivity index (χ1) is 11.7. The van der Waals surface area contributed by atoms with Crippen LogP contribution in [0.3, 0.4) is 0 Å². The zero-order valence-corrected chi connectivity index (χ0v) is 13.7. The minimum Gasteiger partial charge on any atom is -0.388 e. The van der Waals surface area contributed by atoms with E-state index in [0.717, 1.165) is 42.9 Å². The van der Waals surface area contributed by atoms with Crippen molar-refractivity contribution in [1.29, 1.82) is 0 Å². The van der Waals surface area contributed by atoms with E-state index in [2.05, 4.69) is 34.5 Å². The van der Waals surface area contributed by atoms with Crippen molar-refractivity contribution in [2.24, 2.45) is 0 Å². The Bertz CT molecular complexity index is 772. The maximum atomic E-state index is 11.4. The lowest BCUT2D eigenvalue weighted by molar-refractivity contribution is -0.115. The topological polar surface area (TPSA) is 52.6 Å². The summed E-state index contributed by atoms with van der Waals surface area (Å²) < 4.78 is 0. The Labute approximate surface area is 142 Å². The van der Waals surface area contributed by atoms with Gasteiger partial charge in [-0.05, 0) is 41.2 Å². The van der Waals surface area contributed by atoms with Gasteiger partial charge in [-0.1, -0.05) is 36.4 Å². The second kappa shape index (κ2) is 6.38. The van der Waals surface area contributed by atoms with Gasteiger partial charge in [0.1, 0.15) is 0 Å². The molecule has 0 bridgehead atoms. The number of aliphatic hydroxyl groups excluding tert-OH is 1. The van der Waals surface area contributed by atoms with Crippen molar-refractivity contribution in [3.63, 3.8) is 0 Å². The third kappa shape index (κ3) is 3.07. The molecule has 4 nitrogen and oxygen atoms in total. The molecule has 4 heteroatoms. The summed E-state index contributed by atoms with van der Waals surface area (Å²) in [5.41, 5.74) is 5.63. The molecule has 2 aromatic carbocycles. The number of hydrogen-bond acceptors (Lipinski definition) is 3. The predicted molar refractivity (Wildman–Crippen MR) is 93.8 cm³/mol. The molecule has 1 unspecified atom stereocenters. The van der Waals surface area contributed by atoms with Gasteiger partial charge in [0.15, 0.2) is 0 Å². The lowest BCUT2D eigenvalue weighted by Crippen LogP contribution is -2.32. The molecule has 0 saturated heterocycles. The summed E-state index contributed by atoms with van der Waals surface area (Å²) in [6, 6.07) is 14.4. The summed E-state index contributed by atoms with van der Waals surface area (Å²) >= 11 is 0. The second-order valence-electron chi connectivity index (χ2n) is 6.74. The van der Waals surface area contributed by atoms with Crippen LogP contribution in [0.15, 0.2) is 42.5 Å². The van der Waals surface area contributed by atoms with Crippen molar-refractivity contribution in [1.82, 2.24) is 4.90 Å². The molecule has 1 atom stereocenters. The molecule has 0 fully saturated rings. The van der Waals surface area contributed by atoms with E-state index in [-0.39, 0.29) is 5.91 Å². The third-order valence-electron chi connectivity index (χ3n) is 5.07. The number of anilines is 1. The monoisotopic (exact) mass is 322 g/mol. The smallest absolute Gasteiger partial charge is 0.228 e. The van der Waals surface area contributed by atoms with E-state index in [0.29, 0.717) is 12.8 Å². The molecule has 2 N–H and O–H groups in total. The van der Waals surface area contributed by atoms with E-state index >= 15 is 0 Å². The Morgan fingerprint density at radius 1 is 1.12 bits per heavy atom. The van der Waals surface area contributed by atoms with E-state index in [1.165, 1.54) is 11.1 Å². The van der Waals surface area contributed by atoms with Gasteiger partial charge in [-0.2, -0.15) is 0 Å². The van der Waals surface area contributed by atoms with Crippen LogP contribution in [0.5, 0.6) is 0 Å². The molecule has 2 aliphatic heterocycles. The minimum atomic E-state index is -0.483. The molecule has 0 aliphatic carbocycles. The highest BCUT2D eigenvalue weighted by atomic mass is 16.3. The van der Waals surface area contributed by atoms with Crippen LogP contribution in [0.4, 0.5) is 5.69 Å². The normalized spacial score (nSPS) is 18.0. The first-order valence-electron chi connectivity index (χ1n) is 8.59. The van der Waals surface area contributed by atoms with Crippen LogP contribution < -0.4 is 5.32 Å². The first kappa shape index (κ1) is 15.4. The maximum absolute atomic E-state index is 11.4. The van der Waals surface area contributed by atoms with Crippen molar-refractivity contribution < 1.29 is 9.90 Å². The third-order valence-corrected chi connectivity index (χ3v) is 5.07. The van der Waals surface area contributed by atoms with Crippen molar-refractivity contribution in [3.05, 3.63) is 64.7 Å². The van der Waals surface area contributed by atoms with Crippen LogP contribution >= 0.6 is 0 Å². The van der Waals surface area contributed by atoms with Gasteiger partial charge in [-0.3, -0.25) is 9.69 Å². The molecule has 24 heavy (non-hydrogen) atoms. The van der Waals surface area contributed by atoms with Crippen molar-refractivity contribution in [2.75, 3.05) is 18.4 Å². The van der Waals surface area contributed by atoms with Crippen LogP contribution in [0.25, 0.3) is 0 Å². The SMILES string of the molecule is O=C1Cc2cc(C(O)CCN3CCc4ccccc4C3)ccc2N1. The summed E-state index contributed by atoms with van der Waals surface area (Å²) in [4.78, 5) is 13.8. The summed E-state index contributed by atoms with van der Waals surface area (Å²) in [6.45, 7) is 2.89. The van der Waals surface area contributed by atoms with E-state index < -0.39 is 6.10 Å². The van der Waals surface area contributed by atoms with E-state index in [9.17, 15) is 9.90 Å². The number of nitrogens with one attached hydrogen (secondary N) is 1. The molecule has 0 spiro atoms. The molecule has 1 amide bonds. The van der Waals surface area contributed by atoms with E-state index in [4.69, 9.17) is 0 Å². The molecular weight excluding hydrogens is 300 g/mol. The van der Waals surface area contributed by atoms with Crippen molar-refractivity contribution in [3.8, 4) is 0 Å². The molecule has 2 heterocycles. The van der Waals surface area contributed by atoms with Crippen LogP contribution in [0.1, 0.15) is 34.8 Å². The van der Waals surface area contributed by atoms with Gasteiger partial charge in [0, 0.05) is 25.3 Å². The van der Waals surface area contributed by atoms with Gasteiger partial charge >= 0.3 is 0 Å². The van der Waals surface area contributed by atoms with Gasteiger partial charge in [-0.25, -0.2) is 0 Å². The Kier molecular flexibility index (Phi) is 4.08. The Balaban J connectivity index is 1.37. The quantitative estimate of drug-likeness (QED) is 0.910. The second-order valence-corrected chi connectivity index (χ2v) is 6.74. The average molecular weight is 322 g/mol. The summed E-state index contributed by atoms with van der Waals surface area (Å²) in [7, 11) is 0. The number of nitrogens with zero attached hydrogens (tertiary/aromatic N) is 1. The number of carbonyl (C=O) groups is 1. The van der Waals surface area contributed by atoms with Gasteiger partial charge in [0.05, 0.1) is 12.5 Å². The number of carbonyl (C=O) groups excluding carboxylic acids is 1. The highest BCUT2D eigenvalue weighted by molar-refractivity contribution is 5.99. The van der Waals surface area contributed by atoms with Gasteiger partial charge in [0.2, 0.25) is 5.91 Å². The van der Waals surface area contributed by atoms with Crippen LogP contribution in [-0.4, -0.2) is 29.0 Å². The zero-order chi connectivity index (χ0) is 16.5. The van der Waals surface area contributed by atoms with E-state index in [1.807, 2.05) is 18.2 Å². The zero-order valence-electron chi connectivity index (χ0n) is 13.7. The van der Waals surface area contributed by atoms with Crippen LogP contribution in [-0.2, 0) is 24.2 Å². The maximum Gasteiger partial charge on any atom is 0.228 e. The highest BCUT2D eigenvalue weighted by Crippen LogP contribution is 2.28. The minimum absolute atomic E-state index is 0.0311. The molecule has 0 radical (unpaired) electrons. The highest BCUT2D eigenvalue weighted by Gasteiger charge is 2.20. The molecule has 4 rings (SSSR count). The van der Waals surface area contributed by atoms with E-state index in [1.54, 1.807) is 0 Å². The lowest BCUT2D eigenvalue weighted by Gasteiger charge is -2.29. The fourth-order valence-corrected chi connectivity index (χ4v) is 3.67. The summed E-state index contributed by atoms with van der Waals surface area (Å²) in [6.07, 6.45) is 1.73. The molecule has 0 aromatic heterocycles. The Hall–Kier alpha value is -2.17. The Morgan fingerprint density at radius 3 is 2.83 bits per heavy atom. The summed E-state index contributed by atoms with van der Waals surface area (Å²) in [5.74, 6) is 0.0311. The Morgan fingerprint density at radius 2 is 1.96 bits per heavy atom. The van der Waals surface area contributed by atoms with Gasteiger partial charge < -0.3 is 10.4 Å². The standard InChI is InChI=1S/C20H22N2O2/c23-19(15-5-6-18-17(11-15)12-20(24)21-18)8-10-22-9-7-14-3-1-2-4-16(14)13-22/h1-6,11,19,23H,7-10,12-13H2,(H,21,24). The lowest BCUT2D eigenvalue weighted by atomic mass is 9.98. The summed E-state index contributed by atoms with van der Waals surface area (Å²) in [5, 5.41) is 13.3. The average Bonchev–Trinajstić information content (AvgIpc) is 2.98. The van der Waals surface area contributed by atoms with Crippen LogP contribution in [0, 0.1) is 0 Å². The fourth-order valence-electron chi connectivity index (χ4n) is 3.67. The number of benzene rings is 2. The number of amides is 1. The largest absolute Gasteiger partial charge is 0.388 e. The molecule has 124 valence electrons. The number of rotatable bonds is 4. The van der Waals surface area contributed by atoms with Crippen LogP contribution in [0.2, 0.25) is 0 Å². The van der Waals surface area contributed by atoms with Crippen molar-refractivity contribution in [2.45, 2.75) is 31.9 Å². The van der Waals surface area contributed by atoms with Crippen molar-refractivity contribution >= 4 is 11.6 Å². The number of fused-ring (bicyclic) bond motifs is 2.